The average molecular weight is 439 g/mol. The monoisotopic (exact) mass is 438 g/mol. The van der Waals surface area contributed by atoms with Crippen LogP contribution in [-0.4, -0.2) is 24.3 Å². The summed E-state index contributed by atoms with van der Waals surface area (Å²) in [7, 11) is 0. The Morgan fingerprint density at radius 2 is 1.62 bits per heavy atom. The van der Waals surface area contributed by atoms with Crippen LogP contribution in [0.2, 0.25) is 0 Å². The molecule has 1 atom stereocenters. The molecule has 0 N–H and O–H groups in total. The highest BCUT2D eigenvalue weighted by atomic mass is 16.7. The van der Waals surface area contributed by atoms with Crippen molar-refractivity contribution in [3.63, 3.8) is 0 Å². The van der Waals surface area contributed by atoms with Crippen LogP contribution in [0.4, 0.5) is 0 Å². The van der Waals surface area contributed by atoms with E-state index >= 15 is 0 Å². The maximum absolute atomic E-state index is 12.6. The first-order valence-corrected chi connectivity index (χ1v) is 10.8. The number of ether oxygens (including phenoxy) is 4. The lowest BCUT2D eigenvalue weighted by Crippen LogP contribution is -2.21. The van der Waals surface area contributed by atoms with Crippen LogP contribution in [0.5, 0.6) is 5.75 Å². The molecule has 0 bridgehead atoms. The highest BCUT2D eigenvalue weighted by Crippen LogP contribution is 2.25. The summed E-state index contributed by atoms with van der Waals surface area (Å²) in [6.45, 7) is 9.68. The van der Waals surface area contributed by atoms with Gasteiger partial charge in [0.15, 0.2) is 12.4 Å². The second kappa shape index (κ2) is 9.90. The van der Waals surface area contributed by atoms with E-state index in [4.69, 9.17) is 18.9 Å². The Morgan fingerprint density at radius 3 is 2.19 bits per heavy atom. The molecule has 2 aromatic rings. The van der Waals surface area contributed by atoms with Crippen molar-refractivity contribution in [1.29, 1.82) is 0 Å². The number of rotatable bonds is 8. The normalized spacial score (nSPS) is 15.4. The maximum Gasteiger partial charge on any atom is 0.338 e. The minimum Gasteiger partial charge on any atom is -0.457 e. The van der Waals surface area contributed by atoms with Crippen LogP contribution in [0.3, 0.4) is 0 Å². The summed E-state index contributed by atoms with van der Waals surface area (Å²) in [6, 6.07) is 14.3. The van der Waals surface area contributed by atoms with Crippen molar-refractivity contribution in [1.82, 2.24) is 0 Å². The molecule has 170 valence electrons. The van der Waals surface area contributed by atoms with Gasteiger partial charge in [-0.15, -0.1) is 0 Å². The number of benzene rings is 2. The number of esters is 2. The minimum absolute atomic E-state index is 0.0214. The van der Waals surface area contributed by atoms with E-state index < -0.39 is 17.7 Å². The van der Waals surface area contributed by atoms with Crippen LogP contribution in [-0.2, 0) is 25.4 Å². The highest BCUT2D eigenvalue weighted by Gasteiger charge is 2.28. The number of carbonyl (C=O) groups is 2. The van der Waals surface area contributed by atoms with Crippen molar-refractivity contribution in [2.24, 2.45) is 5.92 Å². The molecule has 0 saturated heterocycles. The molecule has 0 fully saturated rings. The summed E-state index contributed by atoms with van der Waals surface area (Å²) in [6.07, 6.45) is 2.44. The van der Waals surface area contributed by atoms with Crippen molar-refractivity contribution in [2.75, 3.05) is 6.61 Å². The van der Waals surface area contributed by atoms with E-state index in [0.29, 0.717) is 23.0 Å². The highest BCUT2D eigenvalue weighted by molar-refractivity contribution is 5.89. The topological polar surface area (TPSA) is 71.1 Å². The molecule has 0 radical (unpaired) electrons. The first-order valence-electron chi connectivity index (χ1n) is 10.8. The quantitative estimate of drug-likeness (QED) is 0.407. The van der Waals surface area contributed by atoms with Gasteiger partial charge in [0.2, 0.25) is 5.79 Å². The zero-order chi connectivity index (χ0) is 23.3. The minimum atomic E-state index is -0.749. The zero-order valence-electron chi connectivity index (χ0n) is 19.2. The molecule has 1 unspecified atom stereocenters. The fourth-order valence-electron chi connectivity index (χ4n) is 3.27. The Bertz CT molecular complexity index is 970. The van der Waals surface area contributed by atoms with Gasteiger partial charge in [0.05, 0.1) is 11.5 Å². The Balaban J connectivity index is 1.52. The molecule has 3 rings (SSSR count). The van der Waals surface area contributed by atoms with Gasteiger partial charge in [-0.1, -0.05) is 38.1 Å². The standard InChI is InChI=1S/C26H30O6/c1-17(2)14-19-6-8-20(9-7-19)18(3)24(27)31-22-12-10-21(11-13-22)25(28)29-15-23-16-30-26(4,5)32-23/h6-13,16-18H,14-15H2,1-5H3. The van der Waals surface area contributed by atoms with Gasteiger partial charge in [0.1, 0.15) is 12.0 Å². The van der Waals surface area contributed by atoms with Crippen LogP contribution < -0.4 is 4.74 Å². The summed E-state index contributed by atoms with van der Waals surface area (Å²) >= 11 is 0. The van der Waals surface area contributed by atoms with E-state index in [9.17, 15) is 9.59 Å². The number of hydrogen-bond donors (Lipinski definition) is 0. The van der Waals surface area contributed by atoms with Crippen molar-refractivity contribution in [3.8, 4) is 5.75 Å². The van der Waals surface area contributed by atoms with Gasteiger partial charge < -0.3 is 18.9 Å². The molecule has 1 aliphatic heterocycles. The third-order valence-corrected chi connectivity index (χ3v) is 4.98. The van der Waals surface area contributed by atoms with Crippen LogP contribution in [0, 0.1) is 5.92 Å². The van der Waals surface area contributed by atoms with Crippen molar-refractivity contribution < 1.29 is 28.5 Å². The fraction of sp³-hybridized carbons (Fsp3) is 0.385. The molecule has 6 nitrogen and oxygen atoms in total. The van der Waals surface area contributed by atoms with Crippen LogP contribution >= 0.6 is 0 Å². The van der Waals surface area contributed by atoms with Crippen LogP contribution in [0.1, 0.15) is 62.0 Å². The second-order valence-electron chi connectivity index (χ2n) is 8.79. The lowest BCUT2D eigenvalue weighted by Gasteiger charge is -2.18. The third-order valence-electron chi connectivity index (χ3n) is 4.98. The molecule has 0 aromatic heterocycles. The smallest absolute Gasteiger partial charge is 0.338 e. The maximum atomic E-state index is 12.6. The second-order valence-corrected chi connectivity index (χ2v) is 8.79. The molecule has 0 amide bonds. The molecule has 0 aliphatic carbocycles. The third kappa shape index (κ3) is 6.36. The Labute approximate surface area is 189 Å². The van der Waals surface area contributed by atoms with Crippen molar-refractivity contribution in [2.45, 2.75) is 52.7 Å². The first-order chi connectivity index (χ1) is 15.1. The molecular formula is C26H30O6. The van der Waals surface area contributed by atoms with Gasteiger partial charge in [-0.25, -0.2) is 4.79 Å². The van der Waals surface area contributed by atoms with E-state index in [1.807, 2.05) is 19.1 Å². The van der Waals surface area contributed by atoms with Gasteiger partial charge in [0.25, 0.3) is 0 Å². The average Bonchev–Trinajstić information content (AvgIpc) is 3.10. The lowest BCUT2D eigenvalue weighted by molar-refractivity contribution is -0.135. The molecule has 0 saturated carbocycles. The van der Waals surface area contributed by atoms with E-state index in [0.717, 1.165) is 12.0 Å². The molecule has 0 spiro atoms. The number of hydrogen-bond acceptors (Lipinski definition) is 6. The van der Waals surface area contributed by atoms with E-state index in [1.54, 1.807) is 38.1 Å². The number of carbonyl (C=O) groups excluding carboxylic acids is 2. The Hall–Kier alpha value is -3.28. The molecule has 6 heteroatoms. The van der Waals surface area contributed by atoms with Crippen LogP contribution in [0.25, 0.3) is 0 Å². The summed E-state index contributed by atoms with van der Waals surface area (Å²) in [5.41, 5.74) is 2.49. The lowest BCUT2D eigenvalue weighted by atomic mass is 9.97. The molecule has 32 heavy (non-hydrogen) atoms. The van der Waals surface area contributed by atoms with E-state index in [-0.39, 0.29) is 12.6 Å². The Morgan fingerprint density at radius 1 is 0.969 bits per heavy atom. The predicted octanol–water partition coefficient (Wildman–Crippen LogP) is 5.38. The summed E-state index contributed by atoms with van der Waals surface area (Å²) < 4.78 is 21.5. The molecule has 1 heterocycles. The summed E-state index contributed by atoms with van der Waals surface area (Å²) in [4.78, 5) is 24.8. The van der Waals surface area contributed by atoms with Gasteiger partial charge in [-0.3, -0.25) is 4.79 Å². The largest absolute Gasteiger partial charge is 0.457 e. The van der Waals surface area contributed by atoms with Crippen molar-refractivity contribution >= 4 is 11.9 Å². The van der Waals surface area contributed by atoms with Crippen LogP contribution in [0.15, 0.2) is 60.6 Å². The van der Waals surface area contributed by atoms with E-state index in [1.165, 1.54) is 11.8 Å². The van der Waals surface area contributed by atoms with Gasteiger partial charge in [-0.2, -0.15) is 0 Å². The fourth-order valence-corrected chi connectivity index (χ4v) is 3.27. The van der Waals surface area contributed by atoms with Crippen molar-refractivity contribution in [3.05, 3.63) is 77.2 Å². The molecule has 1 aliphatic rings. The SMILES string of the molecule is CC(C)Cc1ccc(C(C)C(=O)Oc2ccc(C(=O)OCC3=COC(C)(C)O3)cc2)cc1. The molecule has 2 aromatic carbocycles. The first kappa shape index (κ1) is 23.4. The van der Waals surface area contributed by atoms with Gasteiger partial charge in [0, 0.05) is 13.8 Å². The summed E-state index contributed by atoms with van der Waals surface area (Å²) in [5, 5.41) is 0. The summed E-state index contributed by atoms with van der Waals surface area (Å²) in [5.74, 6) is -0.624. The predicted molar refractivity (Wildman–Crippen MR) is 120 cm³/mol. The van der Waals surface area contributed by atoms with E-state index in [2.05, 4.69) is 26.0 Å². The van der Waals surface area contributed by atoms with Gasteiger partial charge in [-0.05, 0) is 54.7 Å². The molecular weight excluding hydrogens is 408 g/mol. The Kier molecular flexibility index (Phi) is 7.23. The van der Waals surface area contributed by atoms with Gasteiger partial charge >= 0.3 is 11.9 Å². The zero-order valence-corrected chi connectivity index (χ0v) is 19.2.